The molecule has 5 N–H and O–H groups in total. The van der Waals surface area contributed by atoms with Gasteiger partial charge in [-0.05, 0) is 17.7 Å². The summed E-state index contributed by atoms with van der Waals surface area (Å²) < 4.78 is 0. The van der Waals surface area contributed by atoms with E-state index in [9.17, 15) is 9.59 Å². The smallest absolute Gasteiger partial charge is 0.258 e. The van der Waals surface area contributed by atoms with E-state index in [0.29, 0.717) is 11.1 Å². The van der Waals surface area contributed by atoms with Gasteiger partial charge in [-0.25, -0.2) is 0 Å². The third kappa shape index (κ3) is 2.03. The van der Waals surface area contributed by atoms with Crippen molar-refractivity contribution in [2.45, 2.75) is 0 Å². The number of imide groups is 1. The molecule has 1 aromatic rings. The van der Waals surface area contributed by atoms with Crippen LogP contribution in [0.25, 0.3) is 5.57 Å². The summed E-state index contributed by atoms with van der Waals surface area (Å²) in [6.07, 6.45) is 1.24. The van der Waals surface area contributed by atoms with Gasteiger partial charge in [-0.15, -0.1) is 0 Å². The Kier molecular flexibility index (Phi) is 2.87. The lowest BCUT2D eigenvalue weighted by molar-refractivity contribution is -0.123. The highest BCUT2D eigenvalue weighted by atomic mass is 16.3. The first kappa shape index (κ1) is 10.9. The standard InChI is InChI=1S/C10H7NO3.H3N/c12-7-3-1-6(2-4-7)8-5-9(13)11-10(8)14;/h1-5,12H,(H,11,13,14);1H3. The summed E-state index contributed by atoms with van der Waals surface area (Å²) in [5, 5.41) is 11.2. The fraction of sp³-hybridized carbons (Fsp3) is 0. The number of amides is 2. The van der Waals surface area contributed by atoms with Crippen LogP contribution in [0.15, 0.2) is 30.3 Å². The van der Waals surface area contributed by atoms with Gasteiger partial charge in [0.25, 0.3) is 11.8 Å². The van der Waals surface area contributed by atoms with Crippen LogP contribution in [0.1, 0.15) is 5.56 Å². The summed E-state index contributed by atoms with van der Waals surface area (Å²) >= 11 is 0. The molecule has 0 bridgehead atoms. The molecule has 0 atom stereocenters. The van der Waals surface area contributed by atoms with E-state index in [1.165, 1.54) is 18.2 Å². The fourth-order valence-corrected chi connectivity index (χ4v) is 1.27. The first-order valence-corrected chi connectivity index (χ1v) is 4.03. The minimum Gasteiger partial charge on any atom is -0.508 e. The van der Waals surface area contributed by atoms with E-state index in [0.717, 1.165) is 0 Å². The summed E-state index contributed by atoms with van der Waals surface area (Å²) in [4.78, 5) is 22.1. The van der Waals surface area contributed by atoms with Crippen molar-refractivity contribution < 1.29 is 14.7 Å². The summed E-state index contributed by atoms with van der Waals surface area (Å²) in [7, 11) is 0. The van der Waals surface area contributed by atoms with Crippen LogP contribution >= 0.6 is 0 Å². The number of phenols is 1. The second-order valence-electron chi connectivity index (χ2n) is 2.92. The maximum atomic E-state index is 11.2. The molecule has 0 saturated carbocycles. The molecule has 1 aromatic carbocycles. The maximum absolute atomic E-state index is 11.2. The zero-order valence-electron chi connectivity index (χ0n) is 7.86. The Morgan fingerprint density at radius 1 is 1.07 bits per heavy atom. The second kappa shape index (κ2) is 3.93. The molecule has 0 fully saturated rings. The molecule has 5 nitrogen and oxygen atoms in total. The van der Waals surface area contributed by atoms with Gasteiger partial charge in [0.1, 0.15) is 5.75 Å². The predicted molar refractivity (Wildman–Crippen MR) is 54.3 cm³/mol. The van der Waals surface area contributed by atoms with E-state index in [1.54, 1.807) is 12.1 Å². The van der Waals surface area contributed by atoms with Crippen molar-refractivity contribution >= 4 is 17.4 Å². The molecule has 78 valence electrons. The van der Waals surface area contributed by atoms with E-state index < -0.39 is 11.8 Å². The van der Waals surface area contributed by atoms with Gasteiger partial charge < -0.3 is 11.3 Å². The first-order valence-electron chi connectivity index (χ1n) is 4.03. The molecule has 15 heavy (non-hydrogen) atoms. The molecule has 1 aliphatic rings. The fourth-order valence-electron chi connectivity index (χ4n) is 1.27. The van der Waals surface area contributed by atoms with Gasteiger partial charge in [-0.2, -0.15) is 0 Å². The number of phenolic OH excluding ortho intramolecular Hbond substituents is 1. The molecule has 0 aromatic heterocycles. The van der Waals surface area contributed by atoms with Gasteiger partial charge >= 0.3 is 0 Å². The highest BCUT2D eigenvalue weighted by Gasteiger charge is 2.21. The molecule has 0 unspecified atom stereocenters. The van der Waals surface area contributed by atoms with Crippen LogP contribution in [0, 0.1) is 0 Å². The molecule has 2 rings (SSSR count). The molecular formula is C10H10N2O3. The minimum atomic E-state index is -0.405. The lowest BCUT2D eigenvalue weighted by Crippen LogP contribution is -2.21. The Morgan fingerprint density at radius 3 is 2.13 bits per heavy atom. The molecule has 0 spiro atoms. The summed E-state index contributed by atoms with van der Waals surface area (Å²) in [6, 6.07) is 6.09. The largest absolute Gasteiger partial charge is 0.508 e. The number of hydrogen-bond acceptors (Lipinski definition) is 4. The molecule has 0 radical (unpaired) electrons. The maximum Gasteiger partial charge on any atom is 0.258 e. The van der Waals surface area contributed by atoms with Crippen LogP contribution in [0.2, 0.25) is 0 Å². The van der Waals surface area contributed by atoms with Gasteiger partial charge in [0.05, 0.1) is 5.57 Å². The number of carbonyl (C=O) groups excluding carboxylic acids is 2. The summed E-state index contributed by atoms with van der Waals surface area (Å²) in [5.74, 6) is -0.683. The van der Waals surface area contributed by atoms with Crippen molar-refractivity contribution in [3.63, 3.8) is 0 Å². The molecule has 1 aliphatic heterocycles. The van der Waals surface area contributed by atoms with Crippen LogP contribution < -0.4 is 11.5 Å². The van der Waals surface area contributed by atoms with Crippen LogP contribution in [-0.4, -0.2) is 16.9 Å². The van der Waals surface area contributed by atoms with Crippen molar-refractivity contribution in [3.05, 3.63) is 35.9 Å². The lowest BCUT2D eigenvalue weighted by Gasteiger charge is -1.99. The van der Waals surface area contributed by atoms with Crippen molar-refractivity contribution in [3.8, 4) is 5.75 Å². The zero-order valence-corrected chi connectivity index (χ0v) is 7.86. The van der Waals surface area contributed by atoms with Crippen LogP contribution in [0.4, 0.5) is 0 Å². The molecular weight excluding hydrogens is 196 g/mol. The normalized spacial score (nSPS) is 14.3. The highest BCUT2D eigenvalue weighted by molar-refractivity contribution is 6.33. The van der Waals surface area contributed by atoms with Crippen LogP contribution in [0.3, 0.4) is 0 Å². The number of rotatable bonds is 1. The van der Waals surface area contributed by atoms with E-state index in [-0.39, 0.29) is 11.9 Å². The quantitative estimate of drug-likeness (QED) is 0.585. The second-order valence-corrected chi connectivity index (χ2v) is 2.92. The van der Waals surface area contributed by atoms with Gasteiger partial charge in [0, 0.05) is 6.08 Å². The van der Waals surface area contributed by atoms with Crippen molar-refractivity contribution in [2.24, 2.45) is 0 Å². The van der Waals surface area contributed by atoms with E-state index >= 15 is 0 Å². The Bertz CT molecular complexity index is 434. The summed E-state index contributed by atoms with van der Waals surface area (Å²) in [6.45, 7) is 0. The number of nitrogens with one attached hydrogen (secondary N) is 1. The molecule has 5 heteroatoms. The van der Waals surface area contributed by atoms with Crippen molar-refractivity contribution in [1.29, 1.82) is 0 Å². The Labute approximate surface area is 86.0 Å². The summed E-state index contributed by atoms with van der Waals surface area (Å²) in [5.41, 5.74) is 0.946. The number of carbonyl (C=O) groups is 2. The van der Waals surface area contributed by atoms with Crippen molar-refractivity contribution in [1.82, 2.24) is 11.5 Å². The van der Waals surface area contributed by atoms with E-state index in [2.05, 4.69) is 5.32 Å². The van der Waals surface area contributed by atoms with E-state index in [4.69, 9.17) is 5.11 Å². The van der Waals surface area contributed by atoms with Gasteiger partial charge in [0.15, 0.2) is 0 Å². The lowest BCUT2D eigenvalue weighted by atomic mass is 10.1. The average Bonchev–Trinajstić information content (AvgIpc) is 2.47. The monoisotopic (exact) mass is 206 g/mol. The predicted octanol–water partition coefficient (Wildman–Crippen LogP) is 0.594. The minimum absolute atomic E-state index is 0. The molecule has 2 amide bonds. The van der Waals surface area contributed by atoms with Gasteiger partial charge in [0.2, 0.25) is 0 Å². The number of hydrogen-bond donors (Lipinski definition) is 3. The third-order valence-corrected chi connectivity index (χ3v) is 1.94. The van der Waals surface area contributed by atoms with E-state index in [1.807, 2.05) is 0 Å². The third-order valence-electron chi connectivity index (χ3n) is 1.94. The zero-order chi connectivity index (χ0) is 10.1. The van der Waals surface area contributed by atoms with Crippen molar-refractivity contribution in [2.75, 3.05) is 0 Å². The topological polar surface area (TPSA) is 101 Å². The Hall–Kier alpha value is -2.14. The van der Waals surface area contributed by atoms with Crippen LogP contribution in [0.5, 0.6) is 5.75 Å². The van der Waals surface area contributed by atoms with Gasteiger partial charge in [-0.3, -0.25) is 14.9 Å². The number of aromatic hydroxyl groups is 1. The first-order chi connectivity index (χ1) is 6.66. The van der Waals surface area contributed by atoms with Crippen LogP contribution in [-0.2, 0) is 9.59 Å². The Balaban J connectivity index is 0.00000112. The van der Waals surface area contributed by atoms with Gasteiger partial charge in [-0.1, -0.05) is 12.1 Å². The molecule has 0 saturated heterocycles. The Morgan fingerprint density at radius 2 is 1.67 bits per heavy atom. The SMILES string of the molecule is N.O=C1C=C(c2ccc(O)cc2)C(=O)N1. The number of benzene rings is 1. The highest BCUT2D eigenvalue weighted by Crippen LogP contribution is 2.20. The molecule has 1 heterocycles. The average molecular weight is 206 g/mol. The molecule has 0 aliphatic carbocycles.